The van der Waals surface area contributed by atoms with Crippen LogP contribution in [0, 0.1) is 12.7 Å². The summed E-state index contributed by atoms with van der Waals surface area (Å²) in [6.07, 6.45) is 3.22. The number of esters is 1. The second-order valence-electron chi connectivity index (χ2n) is 3.41. The van der Waals surface area contributed by atoms with Crippen LogP contribution in [0.1, 0.15) is 17.5 Å². The van der Waals surface area contributed by atoms with Crippen molar-refractivity contribution in [2.24, 2.45) is 0 Å². The van der Waals surface area contributed by atoms with Gasteiger partial charge in [0.25, 0.3) is 0 Å². The van der Waals surface area contributed by atoms with Gasteiger partial charge < -0.3 is 10.5 Å². The highest BCUT2D eigenvalue weighted by Gasteiger charge is 2.02. The molecule has 16 heavy (non-hydrogen) atoms. The van der Waals surface area contributed by atoms with Gasteiger partial charge in [-0.2, -0.15) is 0 Å². The average Bonchev–Trinajstić information content (AvgIpc) is 2.25. The number of halogens is 1. The zero-order chi connectivity index (χ0) is 12.1. The van der Waals surface area contributed by atoms with Gasteiger partial charge in [0.15, 0.2) is 0 Å². The maximum atomic E-state index is 13.4. The number of methoxy groups -OCH3 is 1. The standard InChI is InChI=1S/C12H14FNO2/c1-8-6-9(10(13)7-11(8)14)4-3-5-12(15)16-2/h3-4,6-7H,5,14H2,1-2H3. The van der Waals surface area contributed by atoms with E-state index in [0.717, 1.165) is 5.56 Å². The predicted octanol–water partition coefficient (Wildman–Crippen LogP) is 2.29. The molecule has 0 heterocycles. The molecule has 0 aromatic heterocycles. The highest BCUT2D eigenvalue weighted by Crippen LogP contribution is 2.18. The third-order valence-electron chi connectivity index (χ3n) is 2.19. The summed E-state index contributed by atoms with van der Waals surface area (Å²) in [5.74, 6) is -0.756. The molecule has 3 nitrogen and oxygen atoms in total. The molecule has 0 amide bonds. The Morgan fingerprint density at radius 1 is 1.56 bits per heavy atom. The summed E-state index contributed by atoms with van der Waals surface area (Å²) in [5, 5.41) is 0. The lowest BCUT2D eigenvalue weighted by atomic mass is 10.1. The molecule has 1 rings (SSSR count). The maximum absolute atomic E-state index is 13.4. The van der Waals surface area contributed by atoms with Gasteiger partial charge in [-0.05, 0) is 24.6 Å². The Morgan fingerprint density at radius 3 is 2.88 bits per heavy atom. The van der Waals surface area contributed by atoms with Gasteiger partial charge in [-0.25, -0.2) is 4.39 Å². The average molecular weight is 223 g/mol. The molecule has 0 fully saturated rings. The molecule has 1 aromatic rings. The molecular weight excluding hydrogens is 209 g/mol. The minimum atomic E-state index is -0.399. The zero-order valence-electron chi connectivity index (χ0n) is 9.29. The number of nitrogen functional groups attached to an aromatic ring is 1. The first-order valence-electron chi connectivity index (χ1n) is 4.83. The monoisotopic (exact) mass is 223 g/mol. The van der Waals surface area contributed by atoms with E-state index in [1.807, 2.05) is 0 Å². The van der Waals surface area contributed by atoms with E-state index in [1.165, 1.54) is 13.2 Å². The number of rotatable bonds is 3. The zero-order valence-corrected chi connectivity index (χ0v) is 9.29. The molecule has 0 bridgehead atoms. The van der Waals surface area contributed by atoms with Crippen molar-refractivity contribution in [3.05, 3.63) is 35.2 Å². The summed E-state index contributed by atoms with van der Waals surface area (Å²) in [5.41, 5.74) is 7.19. The summed E-state index contributed by atoms with van der Waals surface area (Å²) in [6.45, 7) is 1.80. The number of nitrogens with two attached hydrogens (primary N) is 1. The van der Waals surface area contributed by atoms with Crippen LogP contribution < -0.4 is 5.73 Å². The molecule has 86 valence electrons. The van der Waals surface area contributed by atoms with Gasteiger partial charge in [-0.1, -0.05) is 12.2 Å². The summed E-state index contributed by atoms with van der Waals surface area (Å²) < 4.78 is 17.8. The van der Waals surface area contributed by atoms with Crippen LogP contribution in [0.3, 0.4) is 0 Å². The minimum absolute atomic E-state index is 0.124. The molecule has 0 aliphatic carbocycles. The first kappa shape index (κ1) is 12.2. The number of hydrogen-bond donors (Lipinski definition) is 1. The summed E-state index contributed by atoms with van der Waals surface area (Å²) in [4.78, 5) is 10.8. The Kier molecular flexibility index (Phi) is 4.05. The Bertz CT molecular complexity index is 427. The highest BCUT2D eigenvalue weighted by molar-refractivity contribution is 5.72. The Hall–Kier alpha value is -1.84. The summed E-state index contributed by atoms with van der Waals surface area (Å²) >= 11 is 0. The Morgan fingerprint density at radius 2 is 2.25 bits per heavy atom. The van der Waals surface area contributed by atoms with Crippen LogP contribution in [0.4, 0.5) is 10.1 Å². The molecule has 1 aromatic carbocycles. The van der Waals surface area contributed by atoms with E-state index < -0.39 is 5.82 Å². The SMILES string of the molecule is COC(=O)CC=Cc1cc(C)c(N)cc1F. The van der Waals surface area contributed by atoms with Gasteiger partial charge in [0, 0.05) is 11.3 Å². The van der Waals surface area contributed by atoms with Crippen LogP contribution in [0.5, 0.6) is 0 Å². The number of ether oxygens (including phenoxy) is 1. The summed E-state index contributed by atoms with van der Waals surface area (Å²) in [7, 11) is 1.31. The van der Waals surface area contributed by atoms with Gasteiger partial charge in [0.05, 0.1) is 13.5 Å². The van der Waals surface area contributed by atoms with Crippen molar-refractivity contribution in [3.63, 3.8) is 0 Å². The van der Waals surface area contributed by atoms with Crippen LogP contribution in [0.25, 0.3) is 6.08 Å². The quantitative estimate of drug-likeness (QED) is 0.631. The lowest BCUT2D eigenvalue weighted by molar-refractivity contribution is -0.139. The number of anilines is 1. The normalized spacial score (nSPS) is 10.7. The predicted molar refractivity (Wildman–Crippen MR) is 61.2 cm³/mol. The molecule has 0 atom stereocenters. The van der Waals surface area contributed by atoms with Gasteiger partial charge in [-0.15, -0.1) is 0 Å². The summed E-state index contributed by atoms with van der Waals surface area (Å²) in [6, 6.07) is 2.91. The maximum Gasteiger partial charge on any atom is 0.309 e. The fourth-order valence-electron chi connectivity index (χ4n) is 1.21. The Labute approximate surface area is 93.7 Å². The molecule has 0 aliphatic rings. The number of carbonyl (C=O) groups excluding carboxylic acids is 1. The number of carbonyl (C=O) groups is 1. The first-order valence-corrected chi connectivity index (χ1v) is 4.83. The largest absolute Gasteiger partial charge is 0.469 e. The second kappa shape index (κ2) is 5.30. The minimum Gasteiger partial charge on any atom is -0.469 e. The van der Waals surface area contributed by atoms with Crippen LogP contribution in [-0.4, -0.2) is 13.1 Å². The molecule has 0 spiro atoms. The van der Waals surface area contributed by atoms with Crippen molar-refractivity contribution < 1.29 is 13.9 Å². The number of hydrogen-bond acceptors (Lipinski definition) is 3. The first-order chi connectivity index (χ1) is 7.54. The van der Waals surface area contributed by atoms with Crippen LogP contribution in [-0.2, 0) is 9.53 Å². The van der Waals surface area contributed by atoms with Crippen molar-refractivity contribution in [2.45, 2.75) is 13.3 Å². The van der Waals surface area contributed by atoms with Gasteiger partial charge in [0.2, 0.25) is 0 Å². The topological polar surface area (TPSA) is 52.3 Å². The van der Waals surface area contributed by atoms with Gasteiger partial charge in [0.1, 0.15) is 5.82 Å². The lowest BCUT2D eigenvalue weighted by Gasteiger charge is -2.03. The van der Waals surface area contributed by atoms with Gasteiger partial charge >= 0.3 is 5.97 Å². The molecule has 2 N–H and O–H groups in total. The Balaban J connectivity index is 2.81. The fraction of sp³-hybridized carbons (Fsp3) is 0.250. The van der Waals surface area contributed by atoms with Crippen molar-refractivity contribution >= 4 is 17.7 Å². The molecule has 0 unspecified atom stereocenters. The van der Waals surface area contributed by atoms with E-state index >= 15 is 0 Å². The van der Waals surface area contributed by atoms with Crippen molar-refractivity contribution in [1.29, 1.82) is 0 Å². The van der Waals surface area contributed by atoms with E-state index in [-0.39, 0.29) is 12.4 Å². The van der Waals surface area contributed by atoms with E-state index in [4.69, 9.17) is 5.73 Å². The van der Waals surface area contributed by atoms with E-state index in [1.54, 1.807) is 25.1 Å². The van der Waals surface area contributed by atoms with E-state index in [0.29, 0.717) is 11.3 Å². The molecule has 0 radical (unpaired) electrons. The third kappa shape index (κ3) is 3.08. The molecule has 0 aliphatic heterocycles. The van der Waals surface area contributed by atoms with Crippen LogP contribution >= 0.6 is 0 Å². The molecule has 0 saturated heterocycles. The van der Waals surface area contributed by atoms with Gasteiger partial charge in [-0.3, -0.25) is 4.79 Å². The lowest BCUT2D eigenvalue weighted by Crippen LogP contribution is -1.97. The fourth-order valence-corrected chi connectivity index (χ4v) is 1.21. The highest BCUT2D eigenvalue weighted by atomic mass is 19.1. The second-order valence-corrected chi connectivity index (χ2v) is 3.41. The molecule has 4 heteroatoms. The van der Waals surface area contributed by atoms with Crippen molar-refractivity contribution in [2.75, 3.05) is 12.8 Å². The number of benzene rings is 1. The molecule has 0 saturated carbocycles. The van der Waals surface area contributed by atoms with Crippen LogP contribution in [0.2, 0.25) is 0 Å². The molecular formula is C12H14FNO2. The van der Waals surface area contributed by atoms with Crippen LogP contribution in [0.15, 0.2) is 18.2 Å². The van der Waals surface area contributed by atoms with Crippen molar-refractivity contribution in [3.8, 4) is 0 Å². The smallest absolute Gasteiger partial charge is 0.309 e. The van der Waals surface area contributed by atoms with E-state index in [9.17, 15) is 9.18 Å². The number of aryl methyl sites for hydroxylation is 1. The third-order valence-corrected chi connectivity index (χ3v) is 2.19. The van der Waals surface area contributed by atoms with Crippen molar-refractivity contribution in [1.82, 2.24) is 0 Å². The van der Waals surface area contributed by atoms with E-state index in [2.05, 4.69) is 4.74 Å².